The zero-order valence-electron chi connectivity index (χ0n) is 16.4. The van der Waals surface area contributed by atoms with Crippen molar-refractivity contribution in [2.75, 3.05) is 18.2 Å². The summed E-state index contributed by atoms with van der Waals surface area (Å²) in [5.41, 5.74) is 1.77. The summed E-state index contributed by atoms with van der Waals surface area (Å²) >= 11 is 7.25. The summed E-state index contributed by atoms with van der Waals surface area (Å²) in [7, 11) is -2.31. The van der Waals surface area contributed by atoms with Gasteiger partial charge in [-0.15, -0.1) is 0 Å². The zero-order chi connectivity index (χ0) is 21.9. The Kier molecular flexibility index (Phi) is 6.91. The molecular weight excluding hydrogens is 448 g/mol. The van der Waals surface area contributed by atoms with Crippen LogP contribution in [0.5, 0.6) is 5.75 Å². The van der Waals surface area contributed by atoms with Crippen LogP contribution >= 0.6 is 23.4 Å². The Labute approximate surface area is 183 Å². The third-order valence-corrected chi connectivity index (χ3v) is 6.35. The number of thioether (sulfide) groups is 1. The van der Waals surface area contributed by atoms with E-state index in [1.807, 2.05) is 11.5 Å². The van der Waals surface area contributed by atoms with Crippen molar-refractivity contribution in [2.45, 2.75) is 29.9 Å². The van der Waals surface area contributed by atoms with Crippen LogP contribution in [-0.4, -0.2) is 36.7 Å². The molecule has 3 N–H and O–H groups in total. The van der Waals surface area contributed by atoms with E-state index in [-0.39, 0.29) is 16.6 Å². The van der Waals surface area contributed by atoms with Gasteiger partial charge in [0.15, 0.2) is 5.16 Å². The molecule has 30 heavy (non-hydrogen) atoms. The Morgan fingerprint density at radius 3 is 2.73 bits per heavy atom. The normalized spacial score (nSPS) is 11.6. The highest BCUT2D eigenvalue weighted by Crippen LogP contribution is 2.29. The first kappa shape index (κ1) is 22.4. The van der Waals surface area contributed by atoms with Crippen molar-refractivity contribution in [1.82, 2.24) is 9.55 Å². The van der Waals surface area contributed by atoms with E-state index in [0.717, 1.165) is 11.9 Å². The Hall–Kier alpha value is -2.27. The van der Waals surface area contributed by atoms with Crippen LogP contribution in [0.4, 0.5) is 5.69 Å². The average molecular weight is 469 g/mol. The summed E-state index contributed by atoms with van der Waals surface area (Å²) < 4.78 is 30.4. The first-order chi connectivity index (χ1) is 14.2. The second-order valence-corrected chi connectivity index (χ2v) is 9.36. The van der Waals surface area contributed by atoms with Crippen LogP contribution in [-0.2, 0) is 21.4 Å². The van der Waals surface area contributed by atoms with Crippen molar-refractivity contribution >= 4 is 56.0 Å². The lowest BCUT2D eigenvalue weighted by Gasteiger charge is -2.11. The number of sulfonamides is 1. The van der Waals surface area contributed by atoms with E-state index in [9.17, 15) is 13.2 Å². The molecule has 1 heterocycles. The summed E-state index contributed by atoms with van der Waals surface area (Å²) in [6.07, 6.45) is 0.849. The highest BCUT2D eigenvalue weighted by atomic mass is 35.5. The topological polar surface area (TPSA) is 116 Å². The molecule has 0 saturated carbocycles. The molecular formula is C19H21ClN4O4S2. The number of halogens is 1. The first-order valence-electron chi connectivity index (χ1n) is 9.02. The summed E-state index contributed by atoms with van der Waals surface area (Å²) in [5.74, 6) is 0.359. The average Bonchev–Trinajstić information content (AvgIpc) is 3.03. The molecule has 3 rings (SSSR count). The zero-order valence-corrected chi connectivity index (χ0v) is 18.8. The third kappa shape index (κ3) is 5.07. The molecule has 0 aliphatic heterocycles. The van der Waals surface area contributed by atoms with Crippen LogP contribution in [0.2, 0.25) is 5.02 Å². The predicted molar refractivity (Wildman–Crippen MR) is 119 cm³/mol. The summed E-state index contributed by atoms with van der Waals surface area (Å²) in [6, 6.07) is 9.54. The van der Waals surface area contributed by atoms with Crippen molar-refractivity contribution < 1.29 is 17.9 Å². The van der Waals surface area contributed by atoms with Gasteiger partial charge in [-0.3, -0.25) is 4.79 Å². The van der Waals surface area contributed by atoms with Crippen molar-refractivity contribution in [3.8, 4) is 5.75 Å². The number of methoxy groups -OCH3 is 1. The lowest BCUT2D eigenvalue weighted by molar-refractivity contribution is -0.113. The number of carbonyl (C=O) groups is 1. The summed E-state index contributed by atoms with van der Waals surface area (Å²) in [6.45, 7) is 2.70. The molecule has 0 bridgehead atoms. The molecule has 0 spiro atoms. The SMILES string of the molecule is CCCn1c(SCC(=O)Nc2cc(Cl)ccc2OC)nc2cc(S(N)(=O)=O)ccc21. The van der Waals surface area contributed by atoms with Gasteiger partial charge in [-0.05, 0) is 42.8 Å². The number of hydrogen-bond donors (Lipinski definition) is 2. The van der Waals surface area contributed by atoms with Crippen molar-refractivity contribution in [3.63, 3.8) is 0 Å². The number of hydrogen-bond acceptors (Lipinski definition) is 6. The van der Waals surface area contributed by atoms with Crippen LogP contribution in [0.1, 0.15) is 13.3 Å². The quantitative estimate of drug-likeness (QED) is 0.489. The van der Waals surface area contributed by atoms with Gasteiger partial charge in [-0.2, -0.15) is 0 Å². The molecule has 160 valence electrons. The van der Waals surface area contributed by atoms with Gasteiger partial charge in [-0.1, -0.05) is 30.3 Å². The van der Waals surface area contributed by atoms with Gasteiger partial charge in [0.05, 0.1) is 34.5 Å². The van der Waals surface area contributed by atoms with Crippen molar-refractivity contribution in [1.29, 1.82) is 0 Å². The number of primary sulfonamides is 1. The molecule has 0 unspecified atom stereocenters. The molecule has 1 amide bonds. The predicted octanol–water partition coefficient (Wildman–Crippen LogP) is 3.49. The molecule has 0 atom stereocenters. The van der Waals surface area contributed by atoms with E-state index in [4.69, 9.17) is 21.5 Å². The molecule has 0 saturated heterocycles. The van der Waals surface area contributed by atoms with Crippen LogP contribution in [0.3, 0.4) is 0 Å². The standard InChI is InChI=1S/C19H21ClN4O4S2/c1-3-8-24-16-6-5-13(30(21,26)27)10-14(16)23-19(24)29-11-18(25)22-15-9-12(20)4-7-17(15)28-2/h4-7,9-10H,3,8,11H2,1-2H3,(H,22,25)(H2,21,26,27). The number of aromatic nitrogens is 2. The van der Waals surface area contributed by atoms with Gasteiger partial charge in [0.25, 0.3) is 0 Å². The Balaban J connectivity index is 1.82. The molecule has 0 fully saturated rings. The van der Waals surface area contributed by atoms with E-state index in [1.54, 1.807) is 24.3 Å². The van der Waals surface area contributed by atoms with E-state index < -0.39 is 10.0 Å². The highest BCUT2D eigenvalue weighted by molar-refractivity contribution is 7.99. The van der Waals surface area contributed by atoms with Crippen LogP contribution in [0.15, 0.2) is 46.5 Å². The molecule has 2 aromatic carbocycles. The lowest BCUT2D eigenvalue weighted by atomic mass is 10.3. The minimum atomic E-state index is -3.82. The lowest BCUT2D eigenvalue weighted by Crippen LogP contribution is -2.15. The second-order valence-electron chi connectivity index (χ2n) is 6.42. The smallest absolute Gasteiger partial charge is 0.238 e. The number of nitrogens with one attached hydrogen (secondary N) is 1. The first-order valence-corrected chi connectivity index (χ1v) is 11.9. The van der Waals surface area contributed by atoms with Crippen LogP contribution in [0, 0.1) is 0 Å². The Morgan fingerprint density at radius 2 is 2.07 bits per heavy atom. The minimum absolute atomic E-state index is 0.00140. The maximum atomic E-state index is 12.5. The van der Waals surface area contributed by atoms with Gasteiger partial charge in [0, 0.05) is 11.6 Å². The maximum absolute atomic E-state index is 12.5. The number of nitrogens with two attached hydrogens (primary N) is 1. The van der Waals surface area contributed by atoms with Gasteiger partial charge < -0.3 is 14.6 Å². The number of benzene rings is 2. The van der Waals surface area contributed by atoms with Gasteiger partial charge in [-0.25, -0.2) is 18.5 Å². The minimum Gasteiger partial charge on any atom is -0.495 e. The molecule has 11 heteroatoms. The molecule has 3 aromatic rings. The number of imidazole rings is 1. The third-order valence-electron chi connectivity index (χ3n) is 4.23. The Morgan fingerprint density at radius 1 is 1.30 bits per heavy atom. The fourth-order valence-corrected chi connectivity index (χ4v) is 4.46. The number of amides is 1. The fourth-order valence-electron chi connectivity index (χ4n) is 2.91. The van der Waals surface area contributed by atoms with Crippen molar-refractivity contribution in [3.05, 3.63) is 41.4 Å². The molecule has 1 aromatic heterocycles. The van der Waals surface area contributed by atoms with E-state index in [0.29, 0.717) is 33.7 Å². The molecule has 0 aliphatic rings. The molecule has 0 aliphatic carbocycles. The largest absolute Gasteiger partial charge is 0.495 e. The van der Waals surface area contributed by atoms with E-state index in [1.165, 1.54) is 31.0 Å². The number of rotatable bonds is 8. The highest BCUT2D eigenvalue weighted by Gasteiger charge is 2.16. The number of anilines is 1. The van der Waals surface area contributed by atoms with E-state index in [2.05, 4.69) is 10.3 Å². The molecule has 8 nitrogen and oxygen atoms in total. The number of nitrogens with zero attached hydrogens (tertiary/aromatic N) is 2. The number of ether oxygens (including phenoxy) is 1. The van der Waals surface area contributed by atoms with Crippen LogP contribution < -0.4 is 15.2 Å². The maximum Gasteiger partial charge on any atom is 0.238 e. The monoisotopic (exact) mass is 468 g/mol. The van der Waals surface area contributed by atoms with Crippen LogP contribution in [0.25, 0.3) is 11.0 Å². The number of carbonyl (C=O) groups excluding carboxylic acids is 1. The summed E-state index contributed by atoms with van der Waals surface area (Å²) in [4.78, 5) is 17.0. The Bertz CT molecular complexity index is 1190. The molecule has 0 radical (unpaired) electrons. The van der Waals surface area contributed by atoms with Gasteiger partial charge >= 0.3 is 0 Å². The fraction of sp³-hybridized carbons (Fsp3) is 0.263. The van der Waals surface area contributed by atoms with Gasteiger partial charge in [0.1, 0.15) is 5.75 Å². The second kappa shape index (κ2) is 9.25. The number of aryl methyl sites for hydroxylation is 1. The summed E-state index contributed by atoms with van der Waals surface area (Å²) in [5, 5.41) is 9.10. The van der Waals surface area contributed by atoms with Crippen molar-refractivity contribution in [2.24, 2.45) is 5.14 Å². The van der Waals surface area contributed by atoms with Gasteiger partial charge in [0.2, 0.25) is 15.9 Å². The van der Waals surface area contributed by atoms with E-state index >= 15 is 0 Å². The number of fused-ring (bicyclic) bond motifs is 1.